The van der Waals surface area contributed by atoms with Gasteiger partial charge >= 0.3 is 5.69 Å². The lowest BCUT2D eigenvalue weighted by atomic mass is 10.3. The van der Waals surface area contributed by atoms with Gasteiger partial charge in [-0.2, -0.15) is 5.26 Å². The molecule has 19 heavy (non-hydrogen) atoms. The van der Waals surface area contributed by atoms with Crippen LogP contribution in [-0.2, 0) is 0 Å². The Hall–Kier alpha value is -2.72. The van der Waals surface area contributed by atoms with Crippen LogP contribution in [0.15, 0.2) is 30.6 Å². The lowest BCUT2D eigenvalue weighted by molar-refractivity contribution is -0.386. The average Bonchev–Trinajstić information content (AvgIpc) is 2.41. The van der Waals surface area contributed by atoms with E-state index in [2.05, 4.69) is 9.97 Å². The molecule has 0 saturated carbocycles. The number of nitrogens with zero attached hydrogens (tertiary/aromatic N) is 4. The minimum absolute atomic E-state index is 0.00791. The number of nitriles is 1. The van der Waals surface area contributed by atoms with Crippen molar-refractivity contribution in [2.45, 2.75) is 0 Å². The van der Waals surface area contributed by atoms with Crippen molar-refractivity contribution < 1.29 is 9.66 Å². The predicted molar refractivity (Wildman–Crippen MR) is 64.9 cm³/mol. The van der Waals surface area contributed by atoms with Crippen LogP contribution in [0.5, 0.6) is 11.6 Å². The van der Waals surface area contributed by atoms with Crippen LogP contribution in [-0.4, -0.2) is 14.9 Å². The summed E-state index contributed by atoms with van der Waals surface area (Å²) < 4.78 is 5.25. The van der Waals surface area contributed by atoms with E-state index in [-0.39, 0.29) is 28.0 Å². The number of hydrogen-bond donors (Lipinski definition) is 0. The molecule has 0 spiro atoms. The van der Waals surface area contributed by atoms with Crippen molar-refractivity contribution in [2.24, 2.45) is 0 Å². The first-order chi connectivity index (χ1) is 9.11. The maximum Gasteiger partial charge on any atom is 0.332 e. The van der Waals surface area contributed by atoms with E-state index in [0.29, 0.717) is 0 Å². The summed E-state index contributed by atoms with van der Waals surface area (Å²) >= 11 is 5.64. The van der Waals surface area contributed by atoms with Crippen molar-refractivity contribution in [1.82, 2.24) is 9.97 Å². The molecule has 0 fully saturated rings. The van der Waals surface area contributed by atoms with Crippen molar-refractivity contribution in [3.63, 3.8) is 0 Å². The minimum Gasteiger partial charge on any atom is -0.431 e. The zero-order chi connectivity index (χ0) is 13.8. The summed E-state index contributed by atoms with van der Waals surface area (Å²) in [5, 5.41) is 19.8. The van der Waals surface area contributed by atoms with Crippen molar-refractivity contribution >= 4 is 17.3 Å². The number of ether oxygens (including phenoxy) is 1. The fraction of sp³-hybridized carbons (Fsp3) is 0. The Labute approximate surface area is 112 Å². The van der Waals surface area contributed by atoms with E-state index in [1.807, 2.05) is 6.07 Å². The Morgan fingerprint density at radius 2 is 2.26 bits per heavy atom. The number of hydrogen-bond acceptors (Lipinski definition) is 6. The maximum absolute atomic E-state index is 10.9. The molecule has 7 nitrogen and oxygen atoms in total. The highest BCUT2D eigenvalue weighted by atomic mass is 35.5. The van der Waals surface area contributed by atoms with Crippen LogP contribution in [0.3, 0.4) is 0 Å². The van der Waals surface area contributed by atoms with Crippen LogP contribution in [0.4, 0.5) is 5.69 Å². The second kappa shape index (κ2) is 5.29. The molecular formula is C11H5ClN4O3. The van der Waals surface area contributed by atoms with E-state index in [4.69, 9.17) is 21.6 Å². The topological polar surface area (TPSA) is 102 Å². The first-order valence-electron chi connectivity index (χ1n) is 4.94. The molecule has 0 radical (unpaired) electrons. The van der Waals surface area contributed by atoms with E-state index < -0.39 is 4.92 Å². The number of nitro groups is 1. The summed E-state index contributed by atoms with van der Waals surface area (Å²) in [6.07, 6.45) is 2.63. The lowest BCUT2D eigenvalue weighted by Crippen LogP contribution is -1.97. The summed E-state index contributed by atoms with van der Waals surface area (Å²) in [5.74, 6) is -0.165. The summed E-state index contributed by atoms with van der Waals surface area (Å²) in [6, 6.07) is 5.94. The molecule has 0 N–H and O–H groups in total. The van der Waals surface area contributed by atoms with Gasteiger partial charge in [0.15, 0.2) is 11.4 Å². The van der Waals surface area contributed by atoms with Crippen LogP contribution in [0, 0.1) is 21.4 Å². The summed E-state index contributed by atoms with van der Waals surface area (Å²) in [4.78, 5) is 17.7. The van der Waals surface area contributed by atoms with Gasteiger partial charge in [0.2, 0.25) is 0 Å². The summed E-state index contributed by atoms with van der Waals surface area (Å²) in [7, 11) is 0. The minimum atomic E-state index is -0.670. The molecule has 0 bridgehead atoms. The highest BCUT2D eigenvalue weighted by Gasteiger charge is 2.19. The SMILES string of the molecule is N#Cc1ncccc1Oc1ncc(Cl)cc1[N+](=O)[O-]. The fourth-order valence-electron chi connectivity index (χ4n) is 1.29. The van der Waals surface area contributed by atoms with Gasteiger partial charge in [0.05, 0.1) is 16.1 Å². The maximum atomic E-state index is 10.9. The summed E-state index contributed by atoms with van der Waals surface area (Å²) in [6.45, 7) is 0. The molecule has 0 amide bonds. The number of aromatic nitrogens is 2. The Kier molecular flexibility index (Phi) is 3.54. The van der Waals surface area contributed by atoms with E-state index in [0.717, 1.165) is 6.07 Å². The van der Waals surface area contributed by atoms with Crippen LogP contribution in [0.1, 0.15) is 5.69 Å². The molecule has 0 aliphatic heterocycles. The van der Waals surface area contributed by atoms with Gasteiger partial charge in [0.1, 0.15) is 6.07 Å². The summed E-state index contributed by atoms with van der Waals surface area (Å²) in [5.41, 5.74) is -0.381. The highest BCUT2D eigenvalue weighted by molar-refractivity contribution is 6.30. The van der Waals surface area contributed by atoms with E-state index in [1.54, 1.807) is 0 Å². The quantitative estimate of drug-likeness (QED) is 0.631. The van der Waals surface area contributed by atoms with Crippen molar-refractivity contribution in [1.29, 1.82) is 5.26 Å². The van der Waals surface area contributed by atoms with Gasteiger partial charge in [-0.15, -0.1) is 0 Å². The molecule has 0 unspecified atom stereocenters. The van der Waals surface area contributed by atoms with Gasteiger partial charge in [-0.25, -0.2) is 9.97 Å². The van der Waals surface area contributed by atoms with E-state index in [1.165, 1.54) is 24.5 Å². The van der Waals surface area contributed by atoms with Crippen LogP contribution >= 0.6 is 11.6 Å². The number of halogens is 1. The third kappa shape index (κ3) is 2.75. The normalized spacial score (nSPS) is 9.68. The predicted octanol–water partition coefficient (Wildman–Crippen LogP) is 2.70. The van der Waals surface area contributed by atoms with Crippen molar-refractivity contribution in [3.8, 4) is 17.7 Å². The van der Waals surface area contributed by atoms with Crippen molar-refractivity contribution in [2.75, 3.05) is 0 Å². The largest absolute Gasteiger partial charge is 0.431 e. The van der Waals surface area contributed by atoms with Crippen molar-refractivity contribution in [3.05, 3.63) is 51.4 Å². The molecule has 2 aromatic rings. The smallest absolute Gasteiger partial charge is 0.332 e. The lowest BCUT2D eigenvalue weighted by Gasteiger charge is -2.05. The molecule has 0 atom stereocenters. The van der Waals surface area contributed by atoms with Crippen LogP contribution in [0.25, 0.3) is 0 Å². The fourth-order valence-corrected chi connectivity index (χ4v) is 1.44. The number of pyridine rings is 2. The van der Waals surface area contributed by atoms with E-state index >= 15 is 0 Å². The van der Waals surface area contributed by atoms with Gasteiger partial charge in [-0.1, -0.05) is 11.6 Å². The Morgan fingerprint density at radius 3 is 2.95 bits per heavy atom. The van der Waals surface area contributed by atoms with Gasteiger partial charge in [-0.3, -0.25) is 10.1 Å². The highest BCUT2D eigenvalue weighted by Crippen LogP contribution is 2.31. The second-order valence-electron chi connectivity index (χ2n) is 3.30. The van der Waals surface area contributed by atoms with Gasteiger partial charge in [0.25, 0.3) is 5.88 Å². The second-order valence-corrected chi connectivity index (χ2v) is 3.74. The molecule has 0 aromatic carbocycles. The monoisotopic (exact) mass is 276 g/mol. The molecule has 8 heteroatoms. The Morgan fingerprint density at radius 1 is 1.47 bits per heavy atom. The van der Waals surface area contributed by atoms with Gasteiger partial charge < -0.3 is 4.74 Å². The standard InChI is InChI=1S/C11H5ClN4O3/c12-7-4-9(16(17)18)11(15-6-7)19-10-2-1-3-14-8(10)5-13/h1-4,6H. The first kappa shape index (κ1) is 12.7. The first-order valence-corrected chi connectivity index (χ1v) is 5.32. The Balaban J connectivity index is 2.44. The van der Waals surface area contributed by atoms with E-state index in [9.17, 15) is 10.1 Å². The molecular weight excluding hydrogens is 272 g/mol. The zero-order valence-corrected chi connectivity index (χ0v) is 10.0. The third-order valence-electron chi connectivity index (χ3n) is 2.08. The Bertz CT molecular complexity index is 684. The number of rotatable bonds is 3. The van der Waals surface area contributed by atoms with Gasteiger partial charge in [0, 0.05) is 12.3 Å². The molecule has 2 rings (SSSR count). The molecule has 0 saturated heterocycles. The molecule has 0 aliphatic rings. The molecule has 2 heterocycles. The molecule has 94 valence electrons. The average molecular weight is 277 g/mol. The molecule has 0 aliphatic carbocycles. The zero-order valence-electron chi connectivity index (χ0n) is 9.28. The molecule has 2 aromatic heterocycles. The third-order valence-corrected chi connectivity index (χ3v) is 2.29. The van der Waals surface area contributed by atoms with Crippen LogP contribution in [0.2, 0.25) is 5.02 Å². The van der Waals surface area contributed by atoms with Crippen LogP contribution < -0.4 is 4.74 Å². The van der Waals surface area contributed by atoms with Gasteiger partial charge in [-0.05, 0) is 12.1 Å².